The van der Waals surface area contributed by atoms with Crippen molar-refractivity contribution in [1.82, 2.24) is 10.6 Å². The van der Waals surface area contributed by atoms with Gasteiger partial charge in [-0.05, 0) is 52.5 Å². The van der Waals surface area contributed by atoms with Crippen molar-refractivity contribution in [3.8, 4) is 0 Å². The minimum Gasteiger partial charge on any atom is -0.350 e. The summed E-state index contributed by atoms with van der Waals surface area (Å²) >= 11 is 0. The third kappa shape index (κ3) is 6.76. The van der Waals surface area contributed by atoms with Crippen molar-refractivity contribution < 1.29 is 4.79 Å². The molecule has 0 radical (unpaired) electrons. The minimum atomic E-state index is -0.165. The molecule has 0 aliphatic carbocycles. The highest BCUT2D eigenvalue weighted by Gasteiger charge is 2.22. The standard InChI is InChI=1S/C18H30N2O/c1-6-18(4,5)20-17(21)15(3)19-14(2)12-13-16-10-8-7-9-11-16/h7-11,14-15,19H,6,12-13H2,1-5H3,(H,20,21). The van der Waals surface area contributed by atoms with Crippen LogP contribution in [0.1, 0.15) is 53.0 Å². The average molecular weight is 290 g/mol. The SMILES string of the molecule is CCC(C)(C)NC(=O)C(C)NC(C)CCc1ccccc1. The van der Waals surface area contributed by atoms with Gasteiger partial charge in [0.2, 0.25) is 5.91 Å². The van der Waals surface area contributed by atoms with Crippen molar-refractivity contribution in [1.29, 1.82) is 0 Å². The van der Waals surface area contributed by atoms with Crippen LogP contribution in [0.5, 0.6) is 0 Å². The monoisotopic (exact) mass is 290 g/mol. The summed E-state index contributed by atoms with van der Waals surface area (Å²) in [4.78, 5) is 12.2. The number of amides is 1. The number of carbonyl (C=O) groups excluding carboxylic acids is 1. The summed E-state index contributed by atoms with van der Waals surface area (Å²) in [6.07, 6.45) is 2.98. The molecular weight excluding hydrogens is 260 g/mol. The molecule has 0 saturated heterocycles. The van der Waals surface area contributed by atoms with Gasteiger partial charge >= 0.3 is 0 Å². The summed E-state index contributed by atoms with van der Waals surface area (Å²) in [7, 11) is 0. The summed E-state index contributed by atoms with van der Waals surface area (Å²) < 4.78 is 0. The fraction of sp³-hybridized carbons (Fsp3) is 0.611. The van der Waals surface area contributed by atoms with Crippen LogP contribution in [0.25, 0.3) is 0 Å². The molecule has 21 heavy (non-hydrogen) atoms. The Hall–Kier alpha value is -1.35. The second kappa shape index (κ2) is 8.18. The molecule has 0 aromatic heterocycles. The lowest BCUT2D eigenvalue weighted by Gasteiger charge is -2.28. The molecule has 0 saturated carbocycles. The second-order valence-corrected chi connectivity index (χ2v) is 6.54. The first-order valence-electron chi connectivity index (χ1n) is 7.96. The maximum Gasteiger partial charge on any atom is 0.237 e. The van der Waals surface area contributed by atoms with Crippen LogP contribution in [0.15, 0.2) is 30.3 Å². The van der Waals surface area contributed by atoms with Gasteiger partial charge in [0.05, 0.1) is 6.04 Å². The summed E-state index contributed by atoms with van der Waals surface area (Å²) in [5.41, 5.74) is 1.20. The van der Waals surface area contributed by atoms with Crippen molar-refractivity contribution in [2.75, 3.05) is 0 Å². The molecule has 0 bridgehead atoms. The molecule has 2 unspecified atom stereocenters. The molecule has 2 N–H and O–H groups in total. The Bertz CT molecular complexity index is 428. The molecule has 1 rings (SSSR count). The molecule has 0 heterocycles. The first kappa shape index (κ1) is 17.7. The highest BCUT2D eigenvalue weighted by molar-refractivity contribution is 5.82. The van der Waals surface area contributed by atoms with Gasteiger partial charge < -0.3 is 10.6 Å². The van der Waals surface area contributed by atoms with E-state index in [1.165, 1.54) is 5.56 Å². The zero-order valence-corrected chi connectivity index (χ0v) is 14.1. The maximum absolute atomic E-state index is 12.2. The van der Waals surface area contributed by atoms with Crippen LogP contribution in [-0.4, -0.2) is 23.5 Å². The van der Waals surface area contributed by atoms with Crippen LogP contribution >= 0.6 is 0 Å². The fourth-order valence-electron chi connectivity index (χ4n) is 2.14. The van der Waals surface area contributed by atoms with E-state index in [1.807, 2.05) is 13.0 Å². The lowest BCUT2D eigenvalue weighted by molar-refractivity contribution is -0.124. The maximum atomic E-state index is 12.2. The summed E-state index contributed by atoms with van der Waals surface area (Å²) in [6.45, 7) is 10.3. The molecule has 1 aromatic rings. The van der Waals surface area contributed by atoms with Crippen molar-refractivity contribution in [3.63, 3.8) is 0 Å². The highest BCUT2D eigenvalue weighted by atomic mass is 16.2. The van der Waals surface area contributed by atoms with E-state index in [4.69, 9.17) is 0 Å². The lowest BCUT2D eigenvalue weighted by atomic mass is 10.0. The van der Waals surface area contributed by atoms with E-state index in [-0.39, 0.29) is 17.5 Å². The van der Waals surface area contributed by atoms with E-state index in [2.05, 4.69) is 62.6 Å². The molecule has 0 aliphatic heterocycles. The summed E-state index contributed by atoms with van der Waals surface area (Å²) in [5.74, 6) is 0.0772. The number of hydrogen-bond donors (Lipinski definition) is 2. The zero-order chi connectivity index (χ0) is 15.9. The molecule has 3 nitrogen and oxygen atoms in total. The lowest BCUT2D eigenvalue weighted by Crippen LogP contribution is -2.52. The number of hydrogen-bond acceptors (Lipinski definition) is 2. The average Bonchev–Trinajstić information content (AvgIpc) is 2.45. The molecule has 0 spiro atoms. The minimum absolute atomic E-state index is 0.0772. The Kier molecular flexibility index (Phi) is 6.90. The molecule has 2 atom stereocenters. The van der Waals surface area contributed by atoms with E-state index < -0.39 is 0 Å². The van der Waals surface area contributed by atoms with Crippen molar-refractivity contribution >= 4 is 5.91 Å². The van der Waals surface area contributed by atoms with Crippen molar-refractivity contribution in [2.24, 2.45) is 0 Å². The first-order chi connectivity index (χ1) is 9.84. The van der Waals surface area contributed by atoms with Gasteiger partial charge in [0.1, 0.15) is 0 Å². The van der Waals surface area contributed by atoms with Gasteiger partial charge in [0, 0.05) is 11.6 Å². The van der Waals surface area contributed by atoms with Gasteiger partial charge in [0.15, 0.2) is 0 Å². The number of aryl methyl sites for hydroxylation is 1. The first-order valence-corrected chi connectivity index (χ1v) is 7.96. The van der Waals surface area contributed by atoms with Crippen LogP contribution in [0.2, 0.25) is 0 Å². The molecule has 0 fully saturated rings. The fourth-order valence-corrected chi connectivity index (χ4v) is 2.14. The van der Waals surface area contributed by atoms with Crippen LogP contribution in [0.4, 0.5) is 0 Å². The Labute approximate surface area is 129 Å². The van der Waals surface area contributed by atoms with E-state index in [1.54, 1.807) is 0 Å². The number of benzene rings is 1. The van der Waals surface area contributed by atoms with Crippen molar-refractivity contribution in [2.45, 2.75) is 71.5 Å². The van der Waals surface area contributed by atoms with Gasteiger partial charge in [-0.25, -0.2) is 0 Å². The van der Waals surface area contributed by atoms with E-state index in [9.17, 15) is 4.79 Å². The molecule has 0 aliphatic rings. The van der Waals surface area contributed by atoms with Crippen LogP contribution in [-0.2, 0) is 11.2 Å². The van der Waals surface area contributed by atoms with E-state index in [0.717, 1.165) is 19.3 Å². The van der Waals surface area contributed by atoms with Gasteiger partial charge in [-0.2, -0.15) is 0 Å². The Morgan fingerprint density at radius 3 is 2.38 bits per heavy atom. The molecule has 1 amide bonds. The molecule has 118 valence electrons. The second-order valence-electron chi connectivity index (χ2n) is 6.54. The predicted molar refractivity (Wildman–Crippen MR) is 89.3 cm³/mol. The summed E-state index contributed by atoms with van der Waals surface area (Å²) in [5, 5.41) is 6.47. The molecular formula is C18H30N2O. The normalized spacial score (nSPS) is 14.5. The van der Waals surface area contributed by atoms with Gasteiger partial charge in [-0.15, -0.1) is 0 Å². The smallest absolute Gasteiger partial charge is 0.237 e. The van der Waals surface area contributed by atoms with Gasteiger partial charge in [-0.1, -0.05) is 37.3 Å². The quantitative estimate of drug-likeness (QED) is 0.771. The number of carbonyl (C=O) groups is 1. The predicted octanol–water partition coefficient (Wildman–Crippen LogP) is 3.29. The van der Waals surface area contributed by atoms with Crippen molar-refractivity contribution in [3.05, 3.63) is 35.9 Å². The Morgan fingerprint density at radius 1 is 1.19 bits per heavy atom. The van der Waals surface area contributed by atoms with Crippen LogP contribution in [0, 0.1) is 0 Å². The Morgan fingerprint density at radius 2 is 1.81 bits per heavy atom. The van der Waals surface area contributed by atoms with Crippen LogP contribution in [0.3, 0.4) is 0 Å². The molecule has 1 aromatic carbocycles. The highest BCUT2D eigenvalue weighted by Crippen LogP contribution is 2.08. The molecule has 3 heteroatoms. The third-order valence-corrected chi connectivity index (χ3v) is 3.98. The Balaban J connectivity index is 2.36. The zero-order valence-electron chi connectivity index (χ0n) is 14.1. The van der Waals surface area contributed by atoms with Crippen LogP contribution < -0.4 is 10.6 Å². The van der Waals surface area contributed by atoms with Gasteiger partial charge in [0.25, 0.3) is 0 Å². The topological polar surface area (TPSA) is 41.1 Å². The number of nitrogens with one attached hydrogen (secondary N) is 2. The van der Waals surface area contributed by atoms with E-state index in [0.29, 0.717) is 6.04 Å². The summed E-state index contributed by atoms with van der Waals surface area (Å²) in [6, 6.07) is 10.6. The number of rotatable bonds is 8. The largest absolute Gasteiger partial charge is 0.350 e. The van der Waals surface area contributed by atoms with Gasteiger partial charge in [-0.3, -0.25) is 4.79 Å². The third-order valence-electron chi connectivity index (χ3n) is 3.98. The van der Waals surface area contributed by atoms with E-state index >= 15 is 0 Å².